The van der Waals surface area contributed by atoms with Crippen molar-refractivity contribution >= 4 is 22.6 Å². The molecule has 2 aromatic heterocycles. The van der Waals surface area contributed by atoms with E-state index in [4.69, 9.17) is 15.6 Å². The first-order valence-corrected chi connectivity index (χ1v) is 12.6. The highest BCUT2D eigenvalue weighted by Crippen LogP contribution is 2.35. The number of likely N-dealkylation sites (tertiary alicyclic amines) is 1. The van der Waals surface area contributed by atoms with Gasteiger partial charge in [-0.3, -0.25) is 4.79 Å². The van der Waals surface area contributed by atoms with Crippen LogP contribution in [0.15, 0.2) is 79.0 Å². The van der Waals surface area contributed by atoms with Crippen LogP contribution in [0.3, 0.4) is 0 Å². The van der Waals surface area contributed by atoms with Crippen molar-refractivity contribution in [1.29, 1.82) is 0 Å². The van der Waals surface area contributed by atoms with Crippen LogP contribution in [0.4, 0.5) is 5.69 Å². The topological polar surface area (TPSA) is 89.5 Å². The number of hydrogen-bond donors (Lipinski definition) is 1. The number of benzene rings is 2. The molecule has 2 aromatic carbocycles. The number of carbonyl (C=O) groups is 1. The molecule has 5 rings (SSSR count). The first-order valence-electron chi connectivity index (χ1n) is 12.6. The largest absolute Gasteiger partial charge is 0.457 e. The van der Waals surface area contributed by atoms with Crippen LogP contribution in [0.25, 0.3) is 22.3 Å². The number of nitrogens with zero attached hydrogens (tertiary/aromatic N) is 5. The minimum Gasteiger partial charge on any atom is -0.457 e. The average molecular weight is 497 g/mol. The third kappa shape index (κ3) is 5.49. The first kappa shape index (κ1) is 24.5. The molecule has 0 radical (unpaired) electrons. The molecule has 1 amide bonds. The van der Waals surface area contributed by atoms with Crippen molar-refractivity contribution in [2.75, 3.05) is 39.5 Å². The predicted octanol–water partition coefficient (Wildman–Crippen LogP) is 4.75. The molecule has 1 unspecified atom stereocenters. The Morgan fingerprint density at radius 1 is 1.11 bits per heavy atom. The van der Waals surface area contributed by atoms with Crippen LogP contribution in [0.2, 0.25) is 0 Å². The summed E-state index contributed by atoms with van der Waals surface area (Å²) >= 11 is 0. The summed E-state index contributed by atoms with van der Waals surface area (Å²) in [6, 6.07) is 19.4. The number of anilines is 1. The number of rotatable bonds is 7. The van der Waals surface area contributed by atoms with E-state index in [9.17, 15) is 4.79 Å². The number of para-hydroxylation sites is 1. The maximum atomic E-state index is 12.8. The number of piperidine rings is 1. The molecule has 4 aromatic rings. The second-order valence-electron chi connectivity index (χ2n) is 9.58. The summed E-state index contributed by atoms with van der Waals surface area (Å²) in [7, 11) is 3.96. The average Bonchev–Trinajstić information content (AvgIpc) is 3.31. The van der Waals surface area contributed by atoms with Gasteiger partial charge in [0, 0.05) is 43.2 Å². The Balaban J connectivity index is 1.42. The Hall–Kier alpha value is -4.17. The molecule has 0 aliphatic carbocycles. The van der Waals surface area contributed by atoms with E-state index in [1.807, 2.05) is 89.3 Å². The molecular weight excluding hydrogens is 464 g/mol. The molecule has 1 atom stereocenters. The van der Waals surface area contributed by atoms with Crippen molar-refractivity contribution in [2.24, 2.45) is 0 Å². The molecule has 190 valence electrons. The molecule has 1 aliphatic heterocycles. The van der Waals surface area contributed by atoms with Crippen LogP contribution in [-0.4, -0.2) is 64.2 Å². The van der Waals surface area contributed by atoms with Crippen LogP contribution < -0.4 is 10.5 Å². The number of likely N-dealkylation sites (N-methyl/N-ethyl adjacent to an activating group) is 1. The number of pyridine rings is 1. The summed E-state index contributed by atoms with van der Waals surface area (Å²) in [5.41, 5.74) is 9.51. The van der Waals surface area contributed by atoms with Crippen molar-refractivity contribution in [3.8, 4) is 22.8 Å². The number of amides is 1. The minimum atomic E-state index is 0.0196. The SMILES string of the molecule is CN(C)C/C=C/C(=O)N1CCCC(n2nc(-c3ccc(Oc4ccccc4)cc3)c3c(N)ccnc32)C1. The number of ether oxygens (including phenoxy) is 1. The molecule has 0 bridgehead atoms. The smallest absolute Gasteiger partial charge is 0.246 e. The summed E-state index contributed by atoms with van der Waals surface area (Å²) in [5, 5.41) is 5.83. The predicted molar refractivity (Wildman–Crippen MR) is 146 cm³/mol. The van der Waals surface area contributed by atoms with Gasteiger partial charge in [-0.05, 0) is 69.4 Å². The Labute approximate surface area is 217 Å². The number of nitrogens with two attached hydrogens (primary N) is 1. The van der Waals surface area contributed by atoms with Crippen LogP contribution in [0.1, 0.15) is 18.9 Å². The van der Waals surface area contributed by atoms with Gasteiger partial charge in [-0.1, -0.05) is 24.3 Å². The number of aromatic nitrogens is 3. The van der Waals surface area contributed by atoms with E-state index in [0.717, 1.165) is 59.7 Å². The highest BCUT2D eigenvalue weighted by atomic mass is 16.5. The van der Waals surface area contributed by atoms with Gasteiger partial charge in [0.25, 0.3) is 0 Å². The van der Waals surface area contributed by atoms with Crippen LogP contribution in [0.5, 0.6) is 11.5 Å². The second kappa shape index (κ2) is 10.8. The van der Waals surface area contributed by atoms with Crippen molar-refractivity contribution in [3.63, 3.8) is 0 Å². The number of fused-ring (bicyclic) bond motifs is 1. The molecule has 1 fully saturated rings. The maximum absolute atomic E-state index is 12.8. The van der Waals surface area contributed by atoms with E-state index in [0.29, 0.717) is 12.2 Å². The summed E-state index contributed by atoms with van der Waals surface area (Å²) in [4.78, 5) is 21.4. The number of hydrogen-bond acceptors (Lipinski definition) is 6. The summed E-state index contributed by atoms with van der Waals surface area (Å²) in [5.74, 6) is 1.56. The summed E-state index contributed by atoms with van der Waals surface area (Å²) in [6.07, 6.45) is 7.11. The molecule has 3 heterocycles. The van der Waals surface area contributed by atoms with Gasteiger partial charge in [0.2, 0.25) is 5.91 Å². The van der Waals surface area contributed by atoms with E-state index >= 15 is 0 Å². The number of carbonyl (C=O) groups excluding carboxylic acids is 1. The van der Waals surface area contributed by atoms with E-state index in [-0.39, 0.29) is 11.9 Å². The molecule has 8 nitrogen and oxygen atoms in total. The van der Waals surface area contributed by atoms with E-state index in [1.165, 1.54) is 0 Å². The lowest BCUT2D eigenvalue weighted by atomic mass is 10.1. The molecule has 0 spiro atoms. The fourth-order valence-electron chi connectivity index (χ4n) is 4.67. The summed E-state index contributed by atoms with van der Waals surface area (Å²) < 4.78 is 7.90. The quantitative estimate of drug-likeness (QED) is 0.371. The van der Waals surface area contributed by atoms with Gasteiger partial charge in [-0.15, -0.1) is 0 Å². The molecule has 37 heavy (non-hydrogen) atoms. The van der Waals surface area contributed by atoms with Crippen molar-refractivity contribution in [3.05, 3.63) is 79.0 Å². The molecule has 0 saturated carbocycles. The monoisotopic (exact) mass is 496 g/mol. The molecule has 8 heteroatoms. The zero-order valence-electron chi connectivity index (χ0n) is 21.2. The zero-order valence-corrected chi connectivity index (χ0v) is 21.2. The Bertz CT molecular complexity index is 1400. The molecular formula is C29H32N6O2. The molecule has 2 N–H and O–H groups in total. The van der Waals surface area contributed by atoms with Gasteiger partial charge in [-0.25, -0.2) is 9.67 Å². The standard InChI is InChI=1S/C29H32N6O2/c1-33(2)18-7-11-26(36)34-19-6-8-22(20-34)35-29-27(25(30)16-17-31-29)28(32-35)21-12-14-24(15-13-21)37-23-9-4-3-5-10-23/h3-5,7,9-17,22H,6,8,18-20H2,1-2H3,(H2,30,31)/b11-7+. The Kier molecular flexibility index (Phi) is 7.18. The maximum Gasteiger partial charge on any atom is 0.246 e. The second-order valence-corrected chi connectivity index (χ2v) is 9.58. The first-order chi connectivity index (χ1) is 18.0. The van der Waals surface area contributed by atoms with Crippen LogP contribution in [-0.2, 0) is 4.79 Å². The Morgan fingerprint density at radius 3 is 2.62 bits per heavy atom. The normalized spacial score (nSPS) is 16.1. The van der Waals surface area contributed by atoms with Gasteiger partial charge in [-0.2, -0.15) is 5.10 Å². The van der Waals surface area contributed by atoms with Crippen LogP contribution >= 0.6 is 0 Å². The third-order valence-electron chi connectivity index (χ3n) is 6.52. The highest BCUT2D eigenvalue weighted by molar-refractivity contribution is 5.99. The lowest BCUT2D eigenvalue weighted by Gasteiger charge is -2.32. The van der Waals surface area contributed by atoms with E-state index < -0.39 is 0 Å². The fourth-order valence-corrected chi connectivity index (χ4v) is 4.67. The minimum absolute atomic E-state index is 0.0196. The lowest BCUT2D eigenvalue weighted by Crippen LogP contribution is -2.40. The van der Waals surface area contributed by atoms with E-state index in [2.05, 4.69) is 4.98 Å². The van der Waals surface area contributed by atoms with Crippen molar-refractivity contribution in [1.82, 2.24) is 24.6 Å². The molecule has 1 aliphatic rings. The number of nitrogen functional groups attached to an aromatic ring is 1. The van der Waals surface area contributed by atoms with E-state index in [1.54, 1.807) is 18.3 Å². The van der Waals surface area contributed by atoms with Crippen LogP contribution in [0, 0.1) is 0 Å². The zero-order chi connectivity index (χ0) is 25.8. The highest BCUT2D eigenvalue weighted by Gasteiger charge is 2.27. The van der Waals surface area contributed by atoms with Crippen molar-refractivity contribution < 1.29 is 9.53 Å². The molecule has 1 saturated heterocycles. The summed E-state index contributed by atoms with van der Waals surface area (Å²) in [6.45, 7) is 2.06. The lowest BCUT2D eigenvalue weighted by molar-refractivity contribution is -0.127. The third-order valence-corrected chi connectivity index (χ3v) is 6.52. The fraction of sp³-hybridized carbons (Fsp3) is 0.276. The van der Waals surface area contributed by atoms with Gasteiger partial charge in [0.05, 0.1) is 11.4 Å². The van der Waals surface area contributed by atoms with Gasteiger partial charge in [0.1, 0.15) is 17.2 Å². The van der Waals surface area contributed by atoms with Crippen molar-refractivity contribution in [2.45, 2.75) is 18.9 Å². The van der Waals surface area contributed by atoms with Gasteiger partial charge >= 0.3 is 0 Å². The Morgan fingerprint density at radius 2 is 1.86 bits per heavy atom. The van der Waals surface area contributed by atoms with Gasteiger partial charge in [0.15, 0.2) is 5.65 Å². The van der Waals surface area contributed by atoms with Gasteiger partial charge < -0.3 is 20.3 Å².